The number of nitrogens with one attached hydrogen (secondary N) is 2. The summed E-state index contributed by atoms with van der Waals surface area (Å²) in [6.45, 7) is 10.9. The van der Waals surface area contributed by atoms with Gasteiger partial charge in [0.25, 0.3) is 0 Å². The van der Waals surface area contributed by atoms with E-state index in [9.17, 15) is 0 Å². The largest absolute Gasteiger partial charge is 0.308 e. The molecule has 0 saturated heterocycles. The molecule has 4 heteroatoms. The van der Waals surface area contributed by atoms with Crippen molar-refractivity contribution >= 4 is 24.8 Å². The molecule has 1 fully saturated rings. The van der Waals surface area contributed by atoms with Gasteiger partial charge in [0.1, 0.15) is 0 Å². The highest BCUT2D eigenvalue weighted by atomic mass is 35.5. The molecule has 1 aliphatic carbocycles. The third kappa shape index (κ3) is 7.89. The molecule has 2 atom stereocenters. The lowest BCUT2D eigenvalue weighted by Crippen LogP contribution is -2.49. The molecule has 168 valence electrons. The average Bonchev–Trinajstić information content (AvgIpc) is 2.72. The number of rotatable bonds is 8. The second-order valence-corrected chi connectivity index (χ2v) is 9.05. The highest BCUT2D eigenvalue weighted by molar-refractivity contribution is 5.85. The van der Waals surface area contributed by atoms with Gasteiger partial charge in [-0.15, -0.1) is 24.8 Å². The molecule has 1 aliphatic rings. The van der Waals surface area contributed by atoms with Crippen LogP contribution in [0.1, 0.15) is 87.5 Å². The van der Waals surface area contributed by atoms with E-state index in [1.54, 1.807) is 0 Å². The predicted octanol–water partition coefficient (Wildman–Crippen LogP) is 6.97. The number of benzene rings is 2. The summed E-state index contributed by atoms with van der Waals surface area (Å²) in [5.41, 5.74) is 5.62. The molecular formula is C26H40Cl2N2. The van der Waals surface area contributed by atoms with Crippen molar-refractivity contribution in [2.24, 2.45) is 0 Å². The first-order chi connectivity index (χ1) is 13.5. The zero-order valence-corrected chi connectivity index (χ0v) is 20.6. The number of hydrogen-bond acceptors (Lipinski definition) is 2. The summed E-state index contributed by atoms with van der Waals surface area (Å²) in [6.07, 6.45) is 5.22. The molecule has 0 radical (unpaired) electrons. The van der Waals surface area contributed by atoms with Gasteiger partial charge in [-0.3, -0.25) is 0 Å². The van der Waals surface area contributed by atoms with Crippen LogP contribution in [0.2, 0.25) is 0 Å². The molecule has 2 aromatic carbocycles. The summed E-state index contributed by atoms with van der Waals surface area (Å²) in [5.74, 6) is 1.20. The van der Waals surface area contributed by atoms with E-state index < -0.39 is 0 Å². The van der Waals surface area contributed by atoms with E-state index in [-0.39, 0.29) is 24.8 Å². The SMILES string of the molecule is CC(C)c1ccc(CNC2CCCCC2NCc2ccc(C(C)C)cc2)cc1.Cl.Cl. The van der Waals surface area contributed by atoms with E-state index in [0.29, 0.717) is 23.9 Å². The van der Waals surface area contributed by atoms with Crippen molar-refractivity contribution in [1.82, 2.24) is 10.6 Å². The molecule has 3 rings (SSSR count). The maximum Gasteiger partial charge on any atom is 0.0224 e. The van der Waals surface area contributed by atoms with Gasteiger partial charge in [0.05, 0.1) is 0 Å². The van der Waals surface area contributed by atoms with Gasteiger partial charge in [0.2, 0.25) is 0 Å². The minimum Gasteiger partial charge on any atom is -0.308 e. The average molecular weight is 452 g/mol. The van der Waals surface area contributed by atoms with Crippen molar-refractivity contribution in [3.63, 3.8) is 0 Å². The fourth-order valence-electron chi connectivity index (χ4n) is 4.16. The van der Waals surface area contributed by atoms with Crippen LogP contribution in [0.5, 0.6) is 0 Å². The van der Waals surface area contributed by atoms with Gasteiger partial charge >= 0.3 is 0 Å². The van der Waals surface area contributed by atoms with Gasteiger partial charge in [-0.25, -0.2) is 0 Å². The van der Waals surface area contributed by atoms with Gasteiger partial charge in [-0.1, -0.05) is 89.1 Å². The van der Waals surface area contributed by atoms with E-state index >= 15 is 0 Å². The topological polar surface area (TPSA) is 24.1 Å². The summed E-state index contributed by atoms with van der Waals surface area (Å²) >= 11 is 0. The van der Waals surface area contributed by atoms with Crippen LogP contribution in [0, 0.1) is 0 Å². The van der Waals surface area contributed by atoms with Crippen molar-refractivity contribution in [3.8, 4) is 0 Å². The number of hydrogen-bond donors (Lipinski definition) is 2. The number of halogens is 2. The van der Waals surface area contributed by atoms with Gasteiger partial charge < -0.3 is 10.6 Å². The van der Waals surface area contributed by atoms with Gasteiger partial charge in [-0.05, 0) is 46.9 Å². The first-order valence-corrected chi connectivity index (χ1v) is 11.2. The molecule has 2 aromatic rings. The van der Waals surface area contributed by atoms with E-state index in [2.05, 4.69) is 86.9 Å². The van der Waals surface area contributed by atoms with Crippen molar-refractivity contribution in [3.05, 3.63) is 70.8 Å². The molecule has 0 aromatic heterocycles. The Kier molecular flexibility index (Phi) is 12.0. The van der Waals surface area contributed by atoms with Crippen LogP contribution < -0.4 is 10.6 Å². The minimum atomic E-state index is 0. The van der Waals surface area contributed by atoms with Crippen molar-refractivity contribution in [2.75, 3.05) is 0 Å². The second kappa shape index (κ2) is 13.4. The van der Waals surface area contributed by atoms with Crippen LogP contribution in [0.3, 0.4) is 0 Å². The van der Waals surface area contributed by atoms with Crippen LogP contribution >= 0.6 is 24.8 Å². The molecule has 0 aliphatic heterocycles. The van der Waals surface area contributed by atoms with Crippen LogP contribution in [-0.4, -0.2) is 12.1 Å². The van der Waals surface area contributed by atoms with Gasteiger partial charge in [0.15, 0.2) is 0 Å². The smallest absolute Gasteiger partial charge is 0.0224 e. The predicted molar refractivity (Wildman–Crippen MR) is 135 cm³/mol. The monoisotopic (exact) mass is 450 g/mol. The third-order valence-corrected chi connectivity index (χ3v) is 6.20. The lowest BCUT2D eigenvalue weighted by Gasteiger charge is -2.33. The Morgan fingerprint density at radius 1 is 0.633 bits per heavy atom. The Morgan fingerprint density at radius 3 is 1.27 bits per heavy atom. The Bertz CT molecular complexity index is 647. The molecule has 1 saturated carbocycles. The maximum absolute atomic E-state index is 3.83. The zero-order valence-electron chi connectivity index (χ0n) is 19.0. The van der Waals surface area contributed by atoms with Gasteiger partial charge in [0, 0.05) is 25.2 Å². The Hall–Kier alpha value is -1.06. The first kappa shape index (κ1) is 27.0. The zero-order chi connectivity index (χ0) is 19.9. The molecular weight excluding hydrogens is 411 g/mol. The third-order valence-electron chi connectivity index (χ3n) is 6.20. The molecule has 2 nitrogen and oxygen atoms in total. The van der Waals surface area contributed by atoms with Crippen LogP contribution in [-0.2, 0) is 13.1 Å². The second-order valence-electron chi connectivity index (χ2n) is 9.05. The summed E-state index contributed by atoms with van der Waals surface area (Å²) in [5, 5.41) is 7.67. The summed E-state index contributed by atoms with van der Waals surface area (Å²) in [4.78, 5) is 0. The molecule has 0 spiro atoms. The molecule has 0 heterocycles. The molecule has 2 unspecified atom stereocenters. The Labute approximate surface area is 196 Å². The molecule has 0 amide bonds. The summed E-state index contributed by atoms with van der Waals surface area (Å²) < 4.78 is 0. The van der Waals surface area contributed by atoms with Crippen molar-refractivity contribution < 1.29 is 0 Å². The lowest BCUT2D eigenvalue weighted by molar-refractivity contribution is 0.281. The molecule has 0 bridgehead atoms. The Morgan fingerprint density at radius 2 is 0.967 bits per heavy atom. The minimum absolute atomic E-state index is 0. The molecule has 2 N–H and O–H groups in total. The lowest BCUT2D eigenvalue weighted by atomic mass is 9.89. The van der Waals surface area contributed by atoms with E-state index in [0.717, 1.165) is 13.1 Å². The van der Waals surface area contributed by atoms with Crippen molar-refractivity contribution in [1.29, 1.82) is 0 Å². The standard InChI is InChI=1S/C26H38N2.2ClH/c1-19(2)23-13-9-21(10-14-23)17-27-25-7-5-6-8-26(25)28-18-22-11-15-24(16-12-22)20(3)4;;/h9-16,19-20,25-28H,5-8,17-18H2,1-4H3;2*1H. The highest BCUT2D eigenvalue weighted by Crippen LogP contribution is 2.21. The first-order valence-electron chi connectivity index (χ1n) is 11.2. The van der Waals surface area contributed by atoms with Crippen LogP contribution in [0.15, 0.2) is 48.5 Å². The normalized spacial score (nSPS) is 18.7. The molecule has 30 heavy (non-hydrogen) atoms. The van der Waals surface area contributed by atoms with Crippen LogP contribution in [0.25, 0.3) is 0 Å². The van der Waals surface area contributed by atoms with Crippen LogP contribution in [0.4, 0.5) is 0 Å². The summed E-state index contributed by atoms with van der Waals surface area (Å²) in [6, 6.07) is 19.4. The highest BCUT2D eigenvalue weighted by Gasteiger charge is 2.24. The van der Waals surface area contributed by atoms with Crippen molar-refractivity contribution in [2.45, 2.75) is 90.4 Å². The Balaban J connectivity index is 0.00000225. The fourth-order valence-corrected chi connectivity index (χ4v) is 4.16. The van der Waals surface area contributed by atoms with E-state index in [1.165, 1.54) is 47.9 Å². The quantitative estimate of drug-likeness (QED) is 0.453. The van der Waals surface area contributed by atoms with E-state index in [1.807, 2.05) is 0 Å². The maximum atomic E-state index is 3.83. The fraction of sp³-hybridized carbons (Fsp3) is 0.538. The summed E-state index contributed by atoms with van der Waals surface area (Å²) in [7, 11) is 0. The van der Waals surface area contributed by atoms with E-state index in [4.69, 9.17) is 0 Å². The van der Waals surface area contributed by atoms with Gasteiger partial charge in [-0.2, -0.15) is 0 Å².